The van der Waals surface area contributed by atoms with E-state index in [0.717, 1.165) is 0 Å². The Balaban J connectivity index is 2.33. The number of carbonyl (C=O) groups is 1. The molecule has 2 aromatic carbocycles. The molecule has 0 saturated heterocycles. The summed E-state index contributed by atoms with van der Waals surface area (Å²) in [5.41, 5.74) is 0.485. The molecule has 0 amide bonds. The largest absolute Gasteiger partial charge is 0.294 e. The zero-order valence-electron chi connectivity index (χ0n) is 10.8. The van der Waals surface area contributed by atoms with Crippen molar-refractivity contribution in [2.75, 3.05) is 0 Å². The minimum Gasteiger partial charge on any atom is -0.294 e. The van der Waals surface area contributed by atoms with Crippen LogP contribution in [0.15, 0.2) is 42.5 Å². The maximum atomic E-state index is 13.9. The van der Waals surface area contributed by atoms with E-state index < -0.39 is 16.5 Å². The van der Waals surface area contributed by atoms with Gasteiger partial charge in [0.2, 0.25) is 0 Å². The summed E-state index contributed by atoms with van der Waals surface area (Å²) in [6, 6.07) is 10.5. The van der Waals surface area contributed by atoms with E-state index in [4.69, 9.17) is 0 Å². The van der Waals surface area contributed by atoms with Crippen molar-refractivity contribution in [1.29, 1.82) is 0 Å². The average molecular weight is 273 g/mol. The molecule has 0 bridgehead atoms. The third kappa shape index (κ3) is 2.71. The third-order valence-corrected chi connectivity index (χ3v) is 3.03. The summed E-state index contributed by atoms with van der Waals surface area (Å²) >= 11 is 0. The van der Waals surface area contributed by atoms with Crippen molar-refractivity contribution in [3.05, 3.63) is 75.1 Å². The lowest BCUT2D eigenvalue weighted by molar-refractivity contribution is -0.385. The topological polar surface area (TPSA) is 60.2 Å². The maximum Gasteiger partial charge on any atom is 0.273 e. The summed E-state index contributed by atoms with van der Waals surface area (Å²) in [5, 5.41) is 10.9. The number of nitro benzene ring substituents is 1. The number of aryl methyl sites for hydroxylation is 1. The van der Waals surface area contributed by atoms with E-state index in [-0.39, 0.29) is 23.2 Å². The summed E-state index contributed by atoms with van der Waals surface area (Å²) < 4.78 is 13.9. The number of ketones is 1. The minimum atomic E-state index is -0.573. The lowest BCUT2D eigenvalue weighted by Gasteiger charge is -2.05. The molecule has 2 aromatic rings. The molecule has 2 rings (SSSR count). The molecule has 20 heavy (non-hydrogen) atoms. The van der Waals surface area contributed by atoms with Crippen molar-refractivity contribution in [2.24, 2.45) is 0 Å². The van der Waals surface area contributed by atoms with E-state index >= 15 is 0 Å². The number of benzene rings is 2. The second-order valence-electron chi connectivity index (χ2n) is 4.42. The SMILES string of the molecule is Cc1cccc(C(=O)Cc2ccccc2[N+](=O)[O-])c1F. The monoisotopic (exact) mass is 273 g/mol. The minimum absolute atomic E-state index is 0.0387. The standard InChI is InChI=1S/C15H12FNO3/c1-10-5-4-7-12(15(10)16)14(18)9-11-6-2-3-8-13(11)17(19)20/h2-8H,9H2,1H3. The van der Waals surface area contributed by atoms with Crippen LogP contribution in [0.3, 0.4) is 0 Å². The van der Waals surface area contributed by atoms with Gasteiger partial charge in [-0.05, 0) is 18.6 Å². The number of rotatable bonds is 4. The fourth-order valence-electron chi connectivity index (χ4n) is 1.97. The first-order chi connectivity index (χ1) is 9.50. The molecule has 0 atom stereocenters. The molecule has 0 unspecified atom stereocenters. The van der Waals surface area contributed by atoms with Crippen LogP contribution in [0.4, 0.5) is 10.1 Å². The van der Waals surface area contributed by atoms with E-state index in [1.165, 1.54) is 24.3 Å². The molecule has 0 heterocycles. The summed E-state index contributed by atoms with van der Waals surface area (Å²) in [6.45, 7) is 1.57. The number of halogens is 1. The Kier molecular flexibility index (Phi) is 3.89. The van der Waals surface area contributed by atoms with Crippen molar-refractivity contribution >= 4 is 11.5 Å². The lowest BCUT2D eigenvalue weighted by atomic mass is 10.00. The van der Waals surface area contributed by atoms with Gasteiger partial charge in [-0.15, -0.1) is 0 Å². The molecule has 0 spiro atoms. The summed E-state index contributed by atoms with van der Waals surface area (Å²) in [5.74, 6) is -1.04. The Bertz CT molecular complexity index is 683. The van der Waals surface area contributed by atoms with Crippen molar-refractivity contribution in [3.63, 3.8) is 0 Å². The smallest absolute Gasteiger partial charge is 0.273 e. The summed E-state index contributed by atoms with van der Waals surface area (Å²) in [6.07, 6.45) is -0.197. The Morgan fingerprint density at radius 1 is 1.20 bits per heavy atom. The molecular formula is C15H12FNO3. The molecule has 0 fully saturated rings. The normalized spacial score (nSPS) is 10.3. The van der Waals surface area contributed by atoms with Gasteiger partial charge in [0.05, 0.1) is 10.5 Å². The molecule has 0 aliphatic heterocycles. The van der Waals surface area contributed by atoms with Gasteiger partial charge in [-0.3, -0.25) is 14.9 Å². The van der Waals surface area contributed by atoms with Gasteiger partial charge in [0.25, 0.3) is 5.69 Å². The van der Waals surface area contributed by atoms with E-state index in [2.05, 4.69) is 0 Å². The Morgan fingerprint density at radius 2 is 1.90 bits per heavy atom. The van der Waals surface area contributed by atoms with Crippen molar-refractivity contribution < 1.29 is 14.1 Å². The van der Waals surface area contributed by atoms with Crippen LogP contribution in [0.25, 0.3) is 0 Å². The fourth-order valence-corrected chi connectivity index (χ4v) is 1.97. The first-order valence-corrected chi connectivity index (χ1v) is 6.01. The molecule has 5 heteroatoms. The van der Waals surface area contributed by atoms with Crippen LogP contribution in [0.5, 0.6) is 0 Å². The van der Waals surface area contributed by atoms with Gasteiger partial charge in [0.15, 0.2) is 5.78 Å². The van der Waals surface area contributed by atoms with Crippen LogP contribution in [0, 0.1) is 22.9 Å². The highest BCUT2D eigenvalue weighted by molar-refractivity contribution is 5.98. The predicted octanol–water partition coefficient (Wildman–Crippen LogP) is 3.47. The Labute approximate surface area is 115 Å². The lowest BCUT2D eigenvalue weighted by Crippen LogP contribution is -2.08. The molecule has 0 aliphatic rings. The zero-order chi connectivity index (χ0) is 14.7. The van der Waals surface area contributed by atoms with E-state index in [1.54, 1.807) is 25.1 Å². The van der Waals surface area contributed by atoms with Crippen LogP contribution in [-0.2, 0) is 6.42 Å². The van der Waals surface area contributed by atoms with Gasteiger partial charge in [-0.1, -0.05) is 30.3 Å². The average Bonchev–Trinajstić information content (AvgIpc) is 2.42. The highest BCUT2D eigenvalue weighted by Gasteiger charge is 2.19. The number of para-hydroxylation sites is 1. The maximum absolute atomic E-state index is 13.9. The highest BCUT2D eigenvalue weighted by atomic mass is 19.1. The van der Waals surface area contributed by atoms with Gasteiger partial charge in [-0.25, -0.2) is 4.39 Å². The summed E-state index contributed by atoms with van der Waals surface area (Å²) in [7, 11) is 0. The van der Waals surface area contributed by atoms with Crippen molar-refractivity contribution in [2.45, 2.75) is 13.3 Å². The van der Waals surface area contributed by atoms with Crippen LogP contribution in [0.2, 0.25) is 0 Å². The molecule has 4 nitrogen and oxygen atoms in total. The van der Waals surface area contributed by atoms with Gasteiger partial charge >= 0.3 is 0 Å². The fraction of sp³-hybridized carbons (Fsp3) is 0.133. The number of hydrogen-bond donors (Lipinski definition) is 0. The Hall–Kier alpha value is -2.56. The zero-order valence-corrected chi connectivity index (χ0v) is 10.8. The number of carbonyl (C=O) groups excluding carboxylic acids is 1. The number of nitro groups is 1. The van der Waals surface area contributed by atoms with Crippen LogP contribution in [0.1, 0.15) is 21.5 Å². The molecule has 0 N–H and O–H groups in total. The number of Topliss-reactive ketones (excluding diaryl/α,β-unsaturated/α-hetero) is 1. The number of hydrogen-bond acceptors (Lipinski definition) is 3. The third-order valence-electron chi connectivity index (χ3n) is 3.03. The molecule has 0 saturated carbocycles. The van der Waals surface area contributed by atoms with Crippen LogP contribution >= 0.6 is 0 Å². The van der Waals surface area contributed by atoms with E-state index in [0.29, 0.717) is 5.56 Å². The number of nitrogens with zero attached hydrogens (tertiary/aromatic N) is 1. The van der Waals surface area contributed by atoms with Crippen molar-refractivity contribution in [1.82, 2.24) is 0 Å². The highest BCUT2D eigenvalue weighted by Crippen LogP contribution is 2.21. The van der Waals surface area contributed by atoms with Gasteiger partial charge in [-0.2, -0.15) is 0 Å². The van der Waals surface area contributed by atoms with E-state index in [9.17, 15) is 19.3 Å². The molecule has 0 aromatic heterocycles. The summed E-state index contributed by atoms with van der Waals surface area (Å²) in [4.78, 5) is 22.4. The molecule has 102 valence electrons. The molecular weight excluding hydrogens is 261 g/mol. The predicted molar refractivity (Wildman–Crippen MR) is 72.3 cm³/mol. The van der Waals surface area contributed by atoms with Crippen LogP contribution in [-0.4, -0.2) is 10.7 Å². The first-order valence-electron chi connectivity index (χ1n) is 6.01. The van der Waals surface area contributed by atoms with Crippen molar-refractivity contribution in [3.8, 4) is 0 Å². The molecule has 0 radical (unpaired) electrons. The second-order valence-corrected chi connectivity index (χ2v) is 4.42. The van der Waals surface area contributed by atoms with E-state index in [1.807, 2.05) is 0 Å². The Morgan fingerprint density at radius 3 is 2.60 bits per heavy atom. The van der Waals surface area contributed by atoms with Gasteiger partial charge in [0.1, 0.15) is 5.82 Å². The molecule has 0 aliphatic carbocycles. The van der Waals surface area contributed by atoms with Crippen LogP contribution < -0.4 is 0 Å². The first kappa shape index (κ1) is 13.9. The second kappa shape index (κ2) is 5.61. The quantitative estimate of drug-likeness (QED) is 0.487. The van der Waals surface area contributed by atoms with Gasteiger partial charge < -0.3 is 0 Å². The van der Waals surface area contributed by atoms with Gasteiger partial charge in [0, 0.05) is 18.1 Å².